The maximum absolute atomic E-state index is 13.4. The summed E-state index contributed by atoms with van der Waals surface area (Å²) in [6.45, 7) is 1.80. The maximum Gasteiger partial charge on any atom is 0.349 e. The predicted molar refractivity (Wildman–Crippen MR) is 234 cm³/mol. The van der Waals surface area contributed by atoms with Gasteiger partial charge in [0, 0.05) is 0 Å². The number of hydrogen-bond donors (Lipinski definition) is 1. The highest BCUT2D eigenvalue weighted by atomic mass is 16.5. The molecule has 0 bridgehead atoms. The zero-order chi connectivity index (χ0) is 41.7. The van der Waals surface area contributed by atoms with E-state index in [4.69, 9.17) is 9.47 Å². The van der Waals surface area contributed by atoms with Crippen LogP contribution in [0.5, 0.6) is 23.0 Å². The van der Waals surface area contributed by atoms with Crippen molar-refractivity contribution in [3.05, 3.63) is 244 Å². The summed E-state index contributed by atoms with van der Waals surface area (Å²) < 4.78 is 12.6. The number of hydrogen-bond acceptors (Lipinski definition) is 6. The molecule has 2 aliphatic rings. The third-order valence-electron chi connectivity index (χ3n) is 11.6. The van der Waals surface area contributed by atoms with Gasteiger partial charge in [-0.1, -0.05) is 109 Å². The largest absolute Gasteiger partial charge is 0.621 e. The number of carbonyl (C=O) groups excluding carboxylic acids is 3. The van der Waals surface area contributed by atoms with Gasteiger partial charge in [-0.25, -0.2) is 9.69 Å². The van der Waals surface area contributed by atoms with Crippen molar-refractivity contribution in [2.75, 3.05) is 4.90 Å². The average molecular weight is 797 g/mol. The lowest BCUT2D eigenvalue weighted by atomic mass is 9.68. The Hall–Kier alpha value is -7.91. The van der Waals surface area contributed by atoms with Crippen LogP contribution in [0.3, 0.4) is 0 Å². The summed E-state index contributed by atoms with van der Waals surface area (Å²) in [7, 11) is 0. The van der Waals surface area contributed by atoms with E-state index in [2.05, 4.69) is 72.8 Å². The minimum absolute atomic E-state index is 0.297. The molecule has 8 aromatic carbocycles. The Balaban J connectivity index is 0.951. The molecule has 1 aliphatic heterocycles. The molecule has 1 unspecified atom stereocenters. The number of rotatable bonds is 9. The number of anilines is 1. The number of nitrogens with zero attached hydrogens (tertiary/aromatic N) is 1. The van der Waals surface area contributed by atoms with Gasteiger partial charge in [0.25, 0.3) is 11.8 Å². The fourth-order valence-electron chi connectivity index (χ4n) is 8.73. The molecule has 0 radical (unpaired) electrons. The Bertz CT molecular complexity index is 2960. The minimum Gasteiger partial charge on any atom is -0.621 e. The van der Waals surface area contributed by atoms with Gasteiger partial charge < -0.3 is 14.7 Å². The molecule has 294 valence electrons. The Morgan fingerprint density at radius 3 is 1.56 bits per heavy atom. The number of quaternary nitrogens is 1. The number of nitrogens with one attached hydrogen (secondary N) is 1. The number of hydroxylamine groups is 1. The van der Waals surface area contributed by atoms with E-state index in [1.807, 2.05) is 30.3 Å². The standard InChI is InChI=1S/C53H36N2O6/c1-34-32-41(28-30-43(34)52(58)55(59)38-14-6-3-7-15-38)60-39-24-20-35(21-25-39)53(48-18-10-8-16-44(48)45-17-9-11-19-49(45)53)36-22-26-40(27-23-36)61-42-29-31-46-47(33-42)51(57)54(50(46)56)37-12-4-2-5-13-37/h2-33,55H,1H3. The Morgan fingerprint density at radius 2 is 0.984 bits per heavy atom. The van der Waals surface area contributed by atoms with Gasteiger partial charge in [-0.3, -0.25) is 14.7 Å². The van der Waals surface area contributed by atoms with Crippen molar-refractivity contribution in [1.29, 1.82) is 0 Å². The summed E-state index contributed by atoms with van der Waals surface area (Å²) >= 11 is 0. The zero-order valence-corrected chi connectivity index (χ0v) is 32.9. The molecule has 8 heteroatoms. The minimum atomic E-state index is -0.685. The highest BCUT2D eigenvalue weighted by Gasteiger charge is 2.46. The molecule has 1 heterocycles. The van der Waals surface area contributed by atoms with Crippen molar-refractivity contribution in [2.24, 2.45) is 0 Å². The van der Waals surface area contributed by atoms with Crippen LogP contribution in [0.2, 0.25) is 0 Å². The molecular formula is C53H36N2O6. The topological polar surface area (TPSA) is 100 Å². The molecule has 1 atom stereocenters. The van der Waals surface area contributed by atoms with Crippen LogP contribution in [0.15, 0.2) is 194 Å². The van der Waals surface area contributed by atoms with Crippen LogP contribution in [-0.2, 0) is 5.41 Å². The van der Waals surface area contributed by atoms with Gasteiger partial charge in [0.2, 0.25) is 0 Å². The van der Waals surface area contributed by atoms with Crippen LogP contribution in [-0.4, -0.2) is 17.7 Å². The summed E-state index contributed by atoms with van der Waals surface area (Å²) in [4.78, 5) is 40.9. The van der Waals surface area contributed by atoms with Crippen molar-refractivity contribution in [3.8, 4) is 34.1 Å². The quantitative estimate of drug-likeness (QED) is 0.115. The first-order valence-corrected chi connectivity index (χ1v) is 19.9. The molecule has 8 aromatic rings. The number of ether oxygens (including phenoxy) is 2. The van der Waals surface area contributed by atoms with E-state index in [-0.39, 0.29) is 11.8 Å². The molecule has 1 N–H and O–H groups in total. The molecular weight excluding hydrogens is 761 g/mol. The highest BCUT2D eigenvalue weighted by Crippen LogP contribution is 2.56. The summed E-state index contributed by atoms with van der Waals surface area (Å²) in [6.07, 6.45) is 0. The number of para-hydroxylation sites is 2. The fourth-order valence-corrected chi connectivity index (χ4v) is 8.73. The molecule has 8 nitrogen and oxygen atoms in total. The molecule has 0 spiro atoms. The van der Waals surface area contributed by atoms with Crippen LogP contribution < -0.4 is 19.4 Å². The first kappa shape index (κ1) is 37.4. The van der Waals surface area contributed by atoms with Gasteiger partial charge in [-0.05, 0) is 131 Å². The lowest BCUT2D eigenvalue weighted by molar-refractivity contribution is -0.679. The lowest BCUT2D eigenvalue weighted by Crippen LogP contribution is -3.05. The third kappa shape index (κ3) is 6.29. The molecule has 0 saturated heterocycles. The van der Waals surface area contributed by atoms with Gasteiger partial charge in [0.1, 0.15) is 28.7 Å². The summed E-state index contributed by atoms with van der Waals surface area (Å²) in [6, 6.07) is 60.6. The molecule has 0 saturated carbocycles. The van der Waals surface area contributed by atoms with Gasteiger partial charge in [0.15, 0.2) is 0 Å². The molecule has 1 aliphatic carbocycles. The van der Waals surface area contributed by atoms with E-state index in [9.17, 15) is 19.6 Å². The van der Waals surface area contributed by atoms with Crippen LogP contribution in [0.4, 0.5) is 11.4 Å². The lowest BCUT2D eigenvalue weighted by Gasteiger charge is -2.34. The van der Waals surface area contributed by atoms with E-state index >= 15 is 0 Å². The van der Waals surface area contributed by atoms with Gasteiger partial charge in [0.05, 0.1) is 27.8 Å². The second-order valence-corrected chi connectivity index (χ2v) is 15.1. The first-order valence-electron chi connectivity index (χ1n) is 19.9. The molecule has 0 fully saturated rings. The summed E-state index contributed by atoms with van der Waals surface area (Å²) in [5, 5.41) is 12.3. The van der Waals surface area contributed by atoms with Crippen molar-refractivity contribution in [1.82, 2.24) is 0 Å². The van der Waals surface area contributed by atoms with Crippen molar-refractivity contribution < 1.29 is 28.9 Å². The summed E-state index contributed by atoms with van der Waals surface area (Å²) in [5.74, 6) is 0.869. The van der Waals surface area contributed by atoms with Crippen LogP contribution in [0.25, 0.3) is 11.1 Å². The SMILES string of the molecule is Cc1cc(Oc2ccc(C3(c4ccc(Oc5ccc6c(c5)C(=O)N(c5ccccc5)C6=O)cc4)c4ccccc4-c4ccccc43)cc2)ccc1C(=O)[NH+]([O-])c1ccccc1. The second-order valence-electron chi connectivity index (χ2n) is 15.1. The normalized spacial score (nSPS) is 13.9. The monoisotopic (exact) mass is 796 g/mol. The van der Waals surface area contributed by atoms with E-state index < -0.39 is 16.4 Å². The van der Waals surface area contributed by atoms with Crippen LogP contribution in [0.1, 0.15) is 58.9 Å². The molecule has 61 heavy (non-hydrogen) atoms. The van der Waals surface area contributed by atoms with Crippen molar-refractivity contribution in [2.45, 2.75) is 12.3 Å². The molecule has 3 amide bonds. The van der Waals surface area contributed by atoms with Crippen molar-refractivity contribution >= 4 is 29.1 Å². The predicted octanol–water partition coefficient (Wildman–Crippen LogP) is 10.6. The molecule has 10 rings (SSSR count). The Kier molecular flexibility index (Phi) is 9.21. The number of carbonyl (C=O) groups is 3. The van der Waals surface area contributed by atoms with E-state index in [0.29, 0.717) is 56.6 Å². The number of aryl methyl sites for hydroxylation is 1. The maximum atomic E-state index is 13.4. The summed E-state index contributed by atoms with van der Waals surface area (Å²) in [5.41, 5.74) is 8.45. The van der Waals surface area contributed by atoms with E-state index in [1.165, 1.54) is 4.90 Å². The third-order valence-corrected chi connectivity index (χ3v) is 11.6. The fraction of sp³-hybridized carbons (Fsp3) is 0.0377. The smallest absolute Gasteiger partial charge is 0.349 e. The van der Waals surface area contributed by atoms with E-state index in [0.717, 1.165) is 33.4 Å². The van der Waals surface area contributed by atoms with Crippen LogP contribution >= 0.6 is 0 Å². The number of fused-ring (bicyclic) bond motifs is 4. The molecule has 0 aromatic heterocycles. The van der Waals surface area contributed by atoms with E-state index in [1.54, 1.807) is 97.9 Å². The second kappa shape index (κ2) is 15.0. The van der Waals surface area contributed by atoms with Gasteiger partial charge in [-0.2, -0.15) is 0 Å². The Labute approximate surface area is 352 Å². The number of benzene rings is 8. The average Bonchev–Trinajstić information content (AvgIpc) is 3.74. The van der Waals surface area contributed by atoms with Gasteiger partial charge in [-0.15, -0.1) is 0 Å². The van der Waals surface area contributed by atoms with Crippen LogP contribution in [0, 0.1) is 12.1 Å². The Morgan fingerprint density at radius 1 is 0.508 bits per heavy atom. The zero-order valence-electron chi connectivity index (χ0n) is 32.9. The number of amides is 3. The van der Waals surface area contributed by atoms with Gasteiger partial charge >= 0.3 is 5.91 Å². The van der Waals surface area contributed by atoms with Crippen molar-refractivity contribution in [3.63, 3.8) is 0 Å². The first-order chi connectivity index (χ1) is 29.8. The highest BCUT2D eigenvalue weighted by molar-refractivity contribution is 6.34. The number of imide groups is 1.